The summed E-state index contributed by atoms with van der Waals surface area (Å²) >= 11 is 0. The van der Waals surface area contributed by atoms with E-state index in [1.165, 1.54) is 0 Å². The molecule has 1 aromatic rings. The Morgan fingerprint density at radius 3 is 2.50 bits per heavy atom. The second kappa shape index (κ2) is 4.68. The molecule has 0 bridgehead atoms. The van der Waals surface area contributed by atoms with Gasteiger partial charge in [0.1, 0.15) is 0 Å². The summed E-state index contributed by atoms with van der Waals surface area (Å²) in [4.78, 5) is 4.31. The molecule has 1 aliphatic carbocycles. The van der Waals surface area contributed by atoms with E-state index >= 15 is 0 Å². The Kier molecular flexibility index (Phi) is 3.54. The van der Waals surface area contributed by atoms with Crippen molar-refractivity contribution in [1.29, 1.82) is 0 Å². The molecule has 0 radical (unpaired) electrons. The van der Waals surface area contributed by atoms with Crippen LogP contribution in [0.4, 0.5) is 0 Å². The maximum Gasteiger partial charge on any atom is 0.228 e. The van der Waals surface area contributed by atoms with Crippen molar-refractivity contribution in [2.45, 2.75) is 58.2 Å². The first-order valence-electron chi connectivity index (χ1n) is 6.65. The monoisotopic (exact) mass is 270 g/mol. The van der Waals surface area contributed by atoms with Crippen LogP contribution in [0.5, 0.6) is 0 Å². The van der Waals surface area contributed by atoms with Gasteiger partial charge in [0.05, 0.1) is 11.4 Å². The third-order valence-corrected chi connectivity index (χ3v) is 5.60. The van der Waals surface area contributed by atoms with E-state index in [0.29, 0.717) is 11.2 Å². The first kappa shape index (κ1) is 13.6. The molecule has 1 unspecified atom stereocenters. The van der Waals surface area contributed by atoms with E-state index in [2.05, 4.69) is 4.98 Å². The fraction of sp³-hybridized carbons (Fsp3) is 0.769. The predicted octanol–water partition coefficient (Wildman–Crippen LogP) is 2.65. The van der Waals surface area contributed by atoms with E-state index in [4.69, 9.17) is 0 Å². The van der Waals surface area contributed by atoms with Gasteiger partial charge in [-0.1, -0.05) is 20.3 Å². The highest BCUT2D eigenvalue weighted by Gasteiger charge is 2.33. The van der Waals surface area contributed by atoms with Gasteiger partial charge >= 0.3 is 0 Å². The van der Waals surface area contributed by atoms with Crippen molar-refractivity contribution in [2.75, 3.05) is 5.75 Å². The molecule has 0 N–H and O–H groups in total. The average molecular weight is 270 g/mol. The van der Waals surface area contributed by atoms with Gasteiger partial charge in [-0.15, -0.1) is 0 Å². The number of aromatic nitrogens is 2. The third kappa shape index (κ3) is 2.46. The van der Waals surface area contributed by atoms with Gasteiger partial charge in [0, 0.05) is 11.7 Å². The van der Waals surface area contributed by atoms with Gasteiger partial charge in [0.2, 0.25) is 15.0 Å². The van der Waals surface area contributed by atoms with E-state index in [0.717, 1.165) is 30.7 Å². The van der Waals surface area contributed by atoms with Gasteiger partial charge < -0.3 is 4.57 Å². The van der Waals surface area contributed by atoms with Gasteiger partial charge in [-0.05, 0) is 32.6 Å². The largest absolute Gasteiger partial charge is 0.316 e. The van der Waals surface area contributed by atoms with Crippen molar-refractivity contribution in [1.82, 2.24) is 9.55 Å². The second-order valence-electron chi connectivity index (χ2n) is 5.46. The molecule has 1 saturated carbocycles. The number of hydrogen-bond donors (Lipinski definition) is 0. The lowest BCUT2D eigenvalue weighted by atomic mass is 10.2. The van der Waals surface area contributed by atoms with Crippen LogP contribution >= 0.6 is 0 Å². The van der Waals surface area contributed by atoms with Gasteiger partial charge in [0.15, 0.2) is 0 Å². The first-order valence-corrected chi connectivity index (χ1v) is 8.30. The minimum Gasteiger partial charge on any atom is -0.316 e. The molecule has 0 spiro atoms. The Balaban J connectivity index is 2.41. The summed E-state index contributed by atoms with van der Waals surface area (Å²) in [7, 11) is -3.26. The summed E-state index contributed by atoms with van der Waals surface area (Å²) in [5.74, 6) is 0.381. The Morgan fingerprint density at radius 1 is 1.39 bits per heavy atom. The SMILES string of the molecule is CCC(C)CS(=O)(=O)c1nc(C)c(C)n1C1CC1. The van der Waals surface area contributed by atoms with E-state index in [1.54, 1.807) is 0 Å². The van der Waals surface area contributed by atoms with Crippen LogP contribution in [0.15, 0.2) is 5.16 Å². The molecular formula is C13H22N2O2S. The van der Waals surface area contributed by atoms with Crippen molar-refractivity contribution in [3.63, 3.8) is 0 Å². The lowest BCUT2D eigenvalue weighted by Crippen LogP contribution is -2.18. The summed E-state index contributed by atoms with van der Waals surface area (Å²) < 4.78 is 26.8. The quantitative estimate of drug-likeness (QED) is 0.826. The Bertz CT molecular complexity index is 542. The molecule has 1 heterocycles. The normalized spacial score (nSPS) is 18.0. The predicted molar refractivity (Wildman–Crippen MR) is 71.5 cm³/mol. The minimum atomic E-state index is -3.26. The van der Waals surface area contributed by atoms with Gasteiger partial charge in [-0.2, -0.15) is 0 Å². The molecule has 2 rings (SSSR count). The summed E-state index contributed by atoms with van der Waals surface area (Å²) in [6.07, 6.45) is 3.02. The lowest BCUT2D eigenvalue weighted by Gasteiger charge is -2.12. The maximum absolute atomic E-state index is 12.4. The number of hydrogen-bond acceptors (Lipinski definition) is 3. The molecule has 102 valence electrons. The summed E-state index contributed by atoms with van der Waals surface area (Å²) in [5.41, 5.74) is 1.84. The van der Waals surface area contributed by atoms with E-state index in [-0.39, 0.29) is 11.7 Å². The fourth-order valence-electron chi connectivity index (χ4n) is 2.15. The summed E-state index contributed by atoms with van der Waals surface area (Å²) in [6, 6.07) is 0.355. The number of nitrogens with zero attached hydrogens (tertiary/aromatic N) is 2. The van der Waals surface area contributed by atoms with Gasteiger partial charge in [0.25, 0.3) is 0 Å². The van der Waals surface area contributed by atoms with Crippen molar-refractivity contribution < 1.29 is 8.42 Å². The summed E-state index contributed by atoms with van der Waals surface area (Å²) in [6.45, 7) is 7.84. The van der Waals surface area contributed by atoms with E-state index in [9.17, 15) is 8.42 Å². The zero-order valence-electron chi connectivity index (χ0n) is 11.6. The molecular weight excluding hydrogens is 248 g/mol. The molecule has 1 atom stereocenters. The van der Waals surface area contributed by atoms with Crippen LogP contribution in [0.3, 0.4) is 0 Å². The number of aryl methyl sites for hydroxylation is 1. The molecule has 0 aliphatic heterocycles. The molecule has 5 heteroatoms. The molecule has 1 aliphatic rings. The minimum absolute atomic E-state index is 0.181. The molecule has 0 amide bonds. The molecule has 0 saturated heterocycles. The zero-order valence-corrected chi connectivity index (χ0v) is 12.4. The highest BCUT2D eigenvalue weighted by molar-refractivity contribution is 7.91. The number of sulfone groups is 1. The van der Waals surface area contributed by atoms with E-state index < -0.39 is 9.84 Å². The highest BCUT2D eigenvalue weighted by atomic mass is 32.2. The number of rotatable bonds is 5. The van der Waals surface area contributed by atoms with Gasteiger partial charge in [-0.25, -0.2) is 13.4 Å². The molecule has 18 heavy (non-hydrogen) atoms. The maximum atomic E-state index is 12.4. The Morgan fingerprint density at radius 2 is 2.00 bits per heavy atom. The van der Waals surface area contributed by atoms with Crippen LogP contribution in [0.25, 0.3) is 0 Å². The average Bonchev–Trinajstić information content (AvgIpc) is 3.07. The molecule has 1 aromatic heterocycles. The Hall–Kier alpha value is -0.840. The second-order valence-corrected chi connectivity index (χ2v) is 7.39. The van der Waals surface area contributed by atoms with Crippen LogP contribution in [0.1, 0.15) is 50.5 Å². The van der Waals surface area contributed by atoms with Gasteiger partial charge in [-0.3, -0.25) is 0 Å². The van der Waals surface area contributed by atoms with Crippen LogP contribution in [0, 0.1) is 19.8 Å². The summed E-state index contributed by atoms with van der Waals surface area (Å²) in [5, 5.41) is 0.292. The fourth-order valence-corrected chi connectivity index (χ4v) is 4.14. The van der Waals surface area contributed by atoms with Crippen LogP contribution < -0.4 is 0 Å². The van der Waals surface area contributed by atoms with E-state index in [1.807, 2.05) is 32.3 Å². The van der Waals surface area contributed by atoms with Crippen LogP contribution in [0.2, 0.25) is 0 Å². The Labute approximate surface area is 109 Å². The third-order valence-electron chi connectivity index (χ3n) is 3.75. The standard InChI is InChI=1S/C13H22N2O2S/c1-5-9(2)8-18(16,17)13-14-10(3)11(4)15(13)12-6-7-12/h9,12H,5-8H2,1-4H3. The lowest BCUT2D eigenvalue weighted by molar-refractivity contribution is 0.539. The molecule has 0 aromatic carbocycles. The zero-order chi connectivity index (χ0) is 13.5. The van der Waals surface area contributed by atoms with Crippen molar-refractivity contribution in [3.8, 4) is 0 Å². The molecule has 1 fully saturated rings. The van der Waals surface area contributed by atoms with Crippen molar-refractivity contribution in [3.05, 3.63) is 11.4 Å². The van der Waals surface area contributed by atoms with Crippen LogP contribution in [-0.2, 0) is 9.84 Å². The highest BCUT2D eigenvalue weighted by Crippen LogP contribution is 2.39. The van der Waals surface area contributed by atoms with Crippen molar-refractivity contribution in [2.24, 2.45) is 5.92 Å². The molecule has 4 nitrogen and oxygen atoms in total. The first-order chi connectivity index (χ1) is 8.36. The van der Waals surface area contributed by atoms with Crippen LogP contribution in [-0.4, -0.2) is 23.7 Å². The van der Waals surface area contributed by atoms with Crippen molar-refractivity contribution >= 4 is 9.84 Å². The smallest absolute Gasteiger partial charge is 0.228 e. The number of imidazole rings is 1. The topological polar surface area (TPSA) is 52.0 Å².